The summed E-state index contributed by atoms with van der Waals surface area (Å²) in [5.41, 5.74) is 1.89. The highest BCUT2D eigenvalue weighted by molar-refractivity contribution is 7.92. The summed E-state index contributed by atoms with van der Waals surface area (Å²) in [6.07, 6.45) is 0. The predicted molar refractivity (Wildman–Crippen MR) is 116 cm³/mol. The maximum absolute atomic E-state index is 12.7. The Morgan fingerprint density at radius 3 is 2.20 bits per heavy atom. The van der Waals surface area contributed by atoms with Crippen LogP contribution in [0.25, 0.3) is 0 Å². The first-order valence-electron chi connectivity index (χ1n) is 9.06. The highest BCUT2D eigenvalue weighted by atomic mass is 32.2. The summed E-state index contributed by atoms with van der Waals surface area (Å²) in [4.78, 5) is 12.8. The van der Waals surface area contributed by atoms with E-state index in [9.17, 15) is 13.2 Å². The van der Waals surface area contributed by atoms with Crippen LogP contribution in [-0.4, -0.2) is 28.5 Å². The van der Waals surface area contributed by atoms with E-state index in [2.05, 4.69) is 10.0 Å². The molecule has 3 aromatic carbocycles. The van der Waals surface area contributed by atoms with Crippen LogP contribution in [0, 0.1) is 6.92 Å². The number of carbonyl (C=O) groups is 1. The number of hydrogen-bond acceptors (Lipinski definition) is 5. The number of rotatable bonds is 7. The number of aryl methyl sites for hydroxylation is 1. The van der Waals surface area contributed by atoms with E-state index in [1.807, 2.05) is 0 Å². The number of nitrogens with one attached hydrogen (secondary N) is 2. The zero-order chi connectivity index (χ0) is 21.7. The van der Waals surface area contributed by atoms with Crippen LogP contribution in [0.2, 0.25) is 0 Å². The molecule has 2 N–H and O–H groups in total. The van der Waals surface area contributed by atoms with Crippen molar-refractivity contribution in [2.24, 2.45) is 0 Å². The normalized spacial score (nSPS) is 10.9. The number of carbonyl (C=O) groups excluding carboxylic acids is 1. The fourth-order valence-electron chi connectivity index (χ4n) is 2.82. The molecule has 1 amide bonds. The summed E-state index contributed by atoms with van der Waals surface area (Å²) in [5.74, 6) is 0.724. The fraction of sp³-hybridized carbons (Fsp3) is 0.136. The molecule has 0 atom stereocenters. The lowest BCUT2D eigenvalue weighted by Gasteiger charge is -2.14. The standard InChI is InChI=1S/C22H22N2O5S/c1-15-13-16(22(25)23-20-12-10-17(28-2)14-21(20)29-3)9-11-19(15)24-30(26,27)18-7-5-4-6-8-18/h4-14,24H,1-3H3,(H,23,25). The van der Waals surface area contributed by atoms with Crippen LogP contribution >= 0.6 is 0 Å². The van der Waals surface area contributed by atoms with Crippen molar-refractivity contribution in [1.82, 2.24) is 0 Å². The van der Waals surface area contributed by atoms with Crippen molar-refractivity contribution in [2.75, 3.05) is 24.3 Å². The van der Waals surface area contributed by atoms with Crippen molar-refractivity contribution < 1.29 is 22.7 Å². The molecule has 0 spiro atoms. The Morgan fingerprint density at radius 1 is 0.867 bits per heavy atom. The molecular weight excluding hydrogens is 404 g/mol. The molecule has 30 heavy (non-hydrogen) atoms. The van der Waals surface area contributed by atoms with Gasteiger partial charge in [0.1, 0.15) is 11.5 Å². The van der Waals surface area contributed by atoms with Crippen molar-refractivity contribution in [3.8, 4) is 11.5 Å². The number of methoxy groups -OCH3 is 2. The summed E-state index contributed by atoms with van der Waals surface area (Å²) in [5, 5.41) is 2.79. The highest BCUT2D eigenvalue weighted by Crippen LogP contribution is 2.29. The quantitative estimate of drug-likeness (QED) is 0.594. The second kappa shape index (κ2) is 8.87. The second-order valence-corrected chi connectivity index (χ2v) is 8.15. The molecule has 0 saturated carbocycles. The lowest BCUT2D eigenvalue weighted by atomic mass is 10.1. The molecule has 0 aliphatic heterocycles. The third kappa shape index (κ3) is 4.72. The van der Waals surface area contributed by atoms with Gasteiger partial charge in [-0.1, -0.05) is 18.2 Å². The van der Waals surface area contributed by atoms with Gasteiger partial charge in [0, 0.05) is 11.6 Å². The van der Waals surface area contributed by atoms with Crippen molar-refractivity contribution >= 4 is 27.3 Å². The van der Waals surface area contributed by atoms with Gasteiger partial charge < -0.3 is 14.8 Å². The van der Waals surface area contributed by atoms with E-state index in [4.69, 9.17) is 9.47 Å². The zero-order valence-corrected chi connectivity index (χ0v) is 17.6. The van der Waals surface area contributed by atoms with Crippen molar-refractivity contribution in [2.45, 2.75) is 11.8 Å². The molecule has 0 aliphatic carbocycles. The SMILES string of the molecule is COc1ccc(NC(=O)c2ccc(NS(=O)(=O)c3ccccc3)c(C)c2)c(OC)c1. The Hall–Kier alpha value is -3.52. The molecule has 3 rings (SSSR count). The van der Waals surface area contributed by atoms with Gasteiger partial charge in [0.05, 0.1) is 30.5 Å². The summed E-state index contributed by atoms with van der Waals surface area (Å²) >= 11 is 0. The number of hydrogen-bond donors (Lipinski definition) is 2. The topological polar surface area (TPSA) is 93.7 Å². The number of ether oxygens (including phenoxy) is 2. The average Bonchev–Trinajstić information content (AvgIpc) is 2.75. The van der Waals surface area contributed by atoms with E-state index in [1.165, 1.54) is 19.2 Å². The van der Waals surface area contributed by atoms with Crippen LogP contribution in [0.15, 0.2) is 71.6 Å². The first-order valence-corrected chi connectivity index (χ1v) is 10.5. The molecule has 0 bridgehead atoms. The Balaban J connectivity index is 1.79. The molecule has 0 unspecified atom stereocenters. The minimum atomic E-state index is -3.71. The zero-order valence-electron chi connectivity index (χ0n) is 16.8. The van der Waals surface area contributed by atoms with E-state index in [0.29, 0.717) is 34.0 Å². The number of sulfonamides is 1. The van der Waals surface area contributed by atoms with Gasteiger partial charge in [-0.3, -0.25) is 9.52 Å². The van der Waals surface area contributed by atoms with E-state index < -0.39 is 10.0 Å². The molecule has 8 heteroatoms. The van der Waals surface area contributed by atoms with Gasteiger partial charge in [0.25, 0.3) is 15.9 Å². The minimum absolute atomic E-state index is 0.165. The van der Waals surface area contributed by atoms with E-state index in [1.54, 1.807) is 68.6 Å². The Kier molecular flexibility index (Phi) is 6.27. The summed E-state index contributed by atoms with van der Waals surface area (Å²) < 4.78 is 38.0. The average molecular weight is 426 g/mol. The molecule has 0 heterocycles. The molecular formula is C22H22N2O5S. The summed E-state index contributed by atoms with van der Waals surface area (Å²) in [7, 11) is -0.665. The highest BCUT2D eigenvalue weighted by Gasteiger charge is 2.16. The first kappa shape index (κ1) is 21.2. The smallest absolute Gasteiger partial charge is 0.261 e. The van der Waals surface area contributed by atoms with Crippen LogP contribution in [0.1, 0.15) is 15.9 Å². The summed E-state index contributed by atoms with van der Waals surface area (Å²) in [6.45, 7) is 1.73. The fourth-order valence-corrected chi connectivity index (χ4v) is 3.97. The molecule has 0 fully saturated rings. The monoisotopic (exact) mass is 426 g/mol. The van der Waals surface area contributed by atoms with Gasteiger partial charge in [-0.15, -0.1) is 0 Å². The number of amides is 1. The van der Waals surface area contributed by atoms with Crippen LogP contribution < -0.4 is 19.5 Å². The van der Waals surface area contributed by atoms with Crippen LogP contribution in [0.3, 0.4) is 0 Å². The van der Waals surface area contributed by atoms with Gasteiger partial charge in [-0.25, -0.2) is 8.42 Å². The third-order valence-corrected chi connectivity index (χ3v) is 5.82. The lowest BCUT2D eigenvalue weighted by Crippen LogP contribution is -2.15. The Morgan fingerprint density at radius 2 is 1.57 bits per heavy atom. The van der Waals surface area contributed by atoms with Crippen LogP contribution in [0.5, 0.6) is 11.5 Å². The van der Waals surface area contributed by atoms with Crippen molar-refractivity contribution in [3.63, 3.8) is 0 Å². The Bertz CT molecular complexity index is 1160. The molecule has 3 aromatic rings. The minimum Gasteiger partial charge on any atom is -0.497 e. The molecule has 7 nitrogen and oxygen atoms in total. The van der Waals surface area contributed by atoms with Gasteiger partial charge in [0.15, 0.2) is 0 Å². The van der Waals surface area contributed by atoms with Crippen LogP contribution in [-0.2, 0) is 10.0 Å². The Labute approximate surface area is 175 Å². The van der Waals surface area contributed by atoms with Gasteiger partial charge in [0.2, 0.25) is 0 Å². The maximum Gasteiger partial charge on any atom is 0.261 e. The maximum atomic E-state index is 12.7. The van der Waals surface area contributed by atoms with Gasteiger partial charge in [-0.2, -0.15) is 0 Å². The van der Waals surface area contributed by atoms with Crippen molar-refractivity contribution in [3.05, 3.63) is 77.9 Å². The molecule has 0 aliphatic rings. The number of anilines is 2. The molecule has 156 valence electrons. The summed E-state index contributed by atoms with van der Waals surface area (Å²) in [6, 6.07) is 17.9. The molecule has 0 radical (unpaired) electrons. The van der Waals surface area contributed by atoms with E-state index in [-0.39, 0.29) is 10.8 Å². The molecule has 0 aromatic heterocycles. The molecule has 0 saturated heterocycles. The third-order valence-electron chi connectivity index (χ3n) is 4.44. The van der Waals surface area contributed by atoms with Crippen LogP contribution in [0.4, 0.5) is 11.4 Å². The van der Waals surface area contributed by atoms with Gasteiger partial charge >= 0.3 is 0 Å². The lowest BCUT2D eigenvalue weighted by molar-refractivity contribution is 0.102. The van der Waals surface area contributed by atoms with Gasteiger partial charge in [-0.05, 0) is 55.0 Å². The first-order chi connectivity index (χ1) is 14.3. The predicted octanol–water partition coefficient (Wildman–Crippen LogP) is 4.07. The van der Waals surface area contributed by atoms with E-state index >= 15 is 0 Å². The second-order valence-electron chi connectivity index (χ2n) is 6.47. The largest absolute Gasteiger partial charge is 0.497 e. The number of benzene rings is 3. The van der Waals surface area contributed by atoms with Crippen molar-refractivity contribution in [1.29, 1.82) is 0 Å². The van der Waals surface area contributed by atoms with E-state index in [0.717, 1.165) is 0 Å².